The van der Waals surface area contributed by atoms with Gasteiger partial charge in [0.05, 0.1) is 17.6 Å². The molecule has 0 amide bonds. The predicted octanol–water partition coefficient (Wildman–Crippen LogP) is 2.63. The molecule has 1 aromatic heterocycles. The lowest BCUT2D eigenvalue weighted by atomic mass is 10.1. The number of rotatable bonds is 5. The summed E-state index contributed by atoms with van der Waals surface area (Å²) in [5.41, 5.74) is 4.45. The van der Waals surface area contributed by atoms with Crippen LogP contribution in [0.5, 0.6) is 0 Å². The van der Waals surface area contributed by atoms with E-state index in [-0.39, 0.29) is 0 Å². The summed E-state index contributed by atoms with van der Waals surface area (Å²) in [5.74, 6) is 0.648. The Morgan fingerprint density at radius 2 is 1.84 bits per heavy atom. The SMILES string of the molecule is Cc1cc(C)cc(-n2ncc(CNCC(C)C)n2)c1. The number of hydrogen-bond acceptors (Lipinski definition) is 3. The largest absolute Gasteiger partial charge is 0.311 e. The first-order valence-corrected chi connectivity index (χ1v) is 6.75. The molecule has 0 unspecified atom stereocenters. The Hall–Kier alpha value is -1.68. The van der Waals surface area contributed by atoms with Crippen molar-refractivity contribution in [2.24, 2.45) is 5.92 Å². The van der Waals surface area contributed by atoms with Gasteiger partial charge < -0.3 is 5.32 Å². The molecule has 0 aliphatic carbocycles. The van der Waals surface area contributed by atoms with E-state index in [1.54, 1.807) is 4.80 Å². The van der Waals surface area contributed by atoms with Crippen molar-refractivity contribution >= 4 is 0 Å². The summed E-state index contributed by atoms with van der Waals surface area (Å²) in [6, 6.07) is 6.34. The van der Waals surface area contributed by atoms with E-state index in [4.69, 9.17) is 0 Å². The van der Waals surface area contributed by atoms with Gasteiger partial charge in [0.15, 0.2) is 0 Å². The maximum absolute atomic E-state index is 4.50. The van der Waals surface area contributed by atoms with E-state index in [1.807, 2.05) is 6.20 Å². The predicted molar refractivity (Wildman–Crippen MR) is 77.4 cm³/mol. The number of nitrogens with one attached hydrogen (secondary N) is 1. The quantitative estimate of drug-likeness (QED) is 0.896. The van der Waals surface area contributed by atoms with Gasteiger partial charge in [0.25, 0.3) is 0 Å². The smallest absolute Gasteiger partial charge is 0.0969 e. The molecule has 0 atom stereocenters. The van der Waals surface area contributed by atoms with E-state index < -0.39 is 0 Å². The molecule has 4 nitrogen and oxygen atoms in total. The van der Waals surface area contributed by atoms with E-state index in [1.165, 1.54) is 11.1 Å². The molecule has 0 aliphatic heterocycles. The summed E-state index contributed by atoms with van der Waals surface area (Å²) in [6.45, 7) is 10.3. The summed E-state index contributed by atoms with van der Waals surface area (Å²) in [4.78, 5) is 1.70. The van der Waals surface area contributed by atoms with Crippen molar-refractivity contribution in [3.05, 3.63) is 41.2 Å². The second kappa shape index (κ2) is 5.97. The molecule has 0 radical (unpaired) electrons. The summed E-state index contributed by atoms with van der Waals surface area (Å²) in [6.07, 6.45) is 1.82. The molecule has 0 aliphatic rings. The minimum Gasteiger partial charge on any atom is -0.311 e. The number of aryl methyl sites for hydroxylation is 2. The van der Waals surface area contributed by atoms with E-state index >= 15 is 0 Å². The van der Waals surface area contributed by atoms with Crippen LogP contribution in [-0.2, 0) is 6.54 Å². The van der Waals surface area contributed by atoms with Crippen molar-refractivity contribution in [1.82, 2.24) is 20.3 Å². The molecular formula is C15H22N4. The Morgan fingerprint density at radius 1 is 1.16 bits per heavy atom. The molecule has 0 bridgehead atoms. The zero-order chi connectivity index (χ0) is 13.8. The Morgan fingerprint density at radius 3 is 2.47 bits per heavy atom. The first-order chi connectivity index (χ1) is 9.04. The van der Waals surface area contributed by atoms with Crippen molar-refractivity contribution in [3.63, 3.8) is 0 Å². The van der Waals surface area contributed by atoms with Crippen LogP contribution in [0.2, 0.25) is 0 Å². The van der Waals surface area contributed by atoms with Crippen molar-refractivity contribution in [3.8, 4) is 5.69 Å². The second-order valence-electron chi connectivity index (χ2n) is 5.50. The van der Waals surface area contributed by atoms with Gasteiger partial charge in [0.1, 0.15) is 0 Å². The van der Waals surface area contributed by atoms with Crippen LogP contribution in [0, 0.1) is 19.8 Å². The van der Waals surface area contributed by atoms with Crippen LogP contribution < -0.4 is 5.32 Å². The maximum Gasteiger partial charge on any atom is 0.0969 e. The molecule has 2 rings (SSSR count). The van der Waals surface area contributed by atoms with Gasteiger partial charge in [0, 0.05) is 6.54 Å². The highest BCUT2D eigenvalue weighted by Crippen LogP contribution is 2.12. The van der Waals surface area contributed by atoms with Gasteiger partial charge in [0.2, 0.25) is 0 Å². The Labute approximate surface area is 114 Å². The first kappa shape index (κ1) is 13.7. The highest BCUT2D eigenvalue weighted by atomic mass is 15.5. The van der Waals surface area contributed by atoms with E-state index in [2.05, 4.69) is 61.4 Å². The van der Waals surface area contributed by atoms with E-state index in [0.29, 0.717) is 5.92 Å². The van der Waals surface area contributed by atoms with E-state index in [0.717, 1.165) is 24.5 Å². The first-order valence-electron chi connectivity index (χ1n) is 6.75. The van der Waals surface area contributed by atoms with Crippen LogP contribution in [-0.4, -0.2) is 21.5 Å². The van der Waals surface area contributed by atoms with Gasteiger partial charge in [-0.05, 0) is 49.6 Å². The van der Waals surface area contributed by atoms with Crippen LogP contribution in [0.25, 0.3) is 5.69 Å². The zero-order valence-electron chi connectivity index (χ0n) is 12.1. The van der Waals surface area contributed by atoms with Gasteiger partial charge in [-0.15, -0.1) is 0 Å². The summed E-state index contributed by atoms with van der Waals surface area (Å²) in [7, 11) is 0. The summed E-state index contributed by atoms with van der Waals surface area (Å²) in [5, 5.41) is 12.2. The molecule has 2 aromatic rings. The highest BCUT2D eigenvalue weighted by molar-refractivity contribution is 5.37. The minimum atomic E-state index is 0.648. The molecular weight excluding hydrogens is 236 g/mol. The van der Waals surface area contributed by atoms with Gasteiger partial charge in [-0.2, -0.15) is 15.0 Å². The van der Waals surface area contributed by atoms with Crippen molar-refractivity contribution in [2.75, 3.05) is 6.54 Å². The fraction of sp³-hybridized carbons (Fsp3) is 0.467. The summed E-state index contributed by atoms with van der Waals surface area (Å²) < 4.78 is 0. The molecule has 0 saturated carbocycles. The van der Waals surface area contributed by atoms with Gasteiger partial charge in [-0.25, -0.2) is 0 Å². The lowest BCUT2D eigenvalue weighted by Gasteiger charge is -2.05. The van der Waals surface area contributed by atoms with Crippen LogP contribution in [0.15, 0.2) is 24.4 Å². The second-order valence-corrected chi connectivity index (χ2v) is 5.50. The molecule has 0 saturated heterocycles. The molecule has 0 spiro atoms. The van der Waals surface area contributed by atoms with Gasteiger partial charge >= 0.3 is 0 Å². The fourth-order valence-corrected chi connectivity index (χ4v) is 2.06. The minimum absolute atomic E-state index is 0.648. The lowest BCUT2D eigenvalue weighted by Crippen LogP contribution is -2.19. The standard InChI is InChI=1S/C15H22N4/c1-11(2)8-16-9-14-10-17-19(18-14)15-6-12(3)5-13(4)7-15/h5-7,10-11,16H,8-9H2,1-4H3. The normalized spacial score (nSPS) is 11.2. The Balaban J connectivity index is 2.07. The average Bonchev–Trinajstić information content (AvgIpc) is 2.76. The van der Waals surface area contributed by atoms with Crippen molar-refractivity contribution in [1.29, 1.82) is 0 Å². The van der Waals surface area contributed by atoms with Crippen LogP contribution >= 0.6 is 0 Å². The van der Waals surface area contributed by atoms with Crippen molar-refractivity contribution < 1.29 is 0 Å². The van der Waals surface area contributed by atoms with Crippen LogP contribution in [0.4, 0.5) is 0 Å². The summed E-state index contributed by atoms with van der Waals surface area (Å²) >= 11 is 0. The highest BCUT2D eigenvalue weighted by Gasteiger charge is 2.04. The Bertz CT molecular complexity index is 523. The molecule has 19 heavy (non-hydrogen) atoms. The maximum atomic E-state index is 4.50. The monoisotopic (exact) mass is 258 g/mol. The molecule has 102 valence electrons. The third kappa shape index (κ3) is 3.89. The molecule has 1 N–H and O–H groups in total. The molecule has 4 heteroatoms. The van der Waals surface area contributed by atoms with E-state index in [9.17, 15) is 0 Å². The number of aromatic nitrogens is 3. The fourth-order valence-electron chi connectivity index (χ4n) is 2.06. The number of hydrogen-bond donors (Lipinski definition) is 1. The average molecular weight is 258 g/mol. The van der Waals surface area contributed by atoms with Gasteiger partial charge in [-0.1, -0.05) is 19.9 Å². The molecule has 0 fully saturated rings. The molecule has 1 aromatic carbocycles. The van der Waals surface area contributed by atoms with Crippen LogP contribution in [0.3, 0.4) is 0 Å². The molecule has 1 heterocycles. The van der Waals surface area contributed by atoms with Crippen LogP contribution in [0.1, 0.15) is 30.7 Å². The number of benzene rings is 1. The third-order valence-electron chi connectivity index (χ3n) is 2.84. The number of nitrogens with zero attached hydrogens (tertiary/aromatic N) is 3. The van der Waals surface area contributed by atoms with Gasteiger partial charge in [-0.3, -0.25) is 0 Å². The zero-order valence-corrected chi connectivity index (χ0v) is 12.1. The Kier molecular flexibility index (Phi) is 4.32. The lowest BCUT2D eigenvalue weighted by molar-refractivity contribution is 0.546. The third-order valence-corrected chi connectivity index (χ3v) is 2.84. The topological polar surface area (TPSA) is 42.7 Å². The van der Waals surface area contributed by atoms with Crippen molar-refractivity contribution in [2.45, 2.75) is 34.2 Å².